The third-order valence-electron chi connectivity index (χ3n) is 2.16. The summed E-state index contributed by atoms with van der Waals surface area (Å²) in [6.45, 7) is 2.14. The Balaban J connectivity index is 2.52. The second kappa shape index (κ2) is 4.92. The zero-order valence-corrected chi connectivity index (χ0v) is 7.90. The number of hydrogen-bond acceptors (Lipinski definition) is 4. The lowest BCUT2D eigenvalue weighted by Crippen LogP contribution is -2.56. The van der Waals surface area contributed by atoms with E-state index in [4.69, 9.17) is 10.8 Å². The lowest BCUT2D eigenvalue weighted by Gasteiger charge is -2.32. The van der Waals surface area contributed by atoms with Crippen molar-refractivity contribution in [3.05, 3.63) is 0 Å². The molecule has 0 radical (unpaired) electrons. The molecule has 0 spiro atoms. The number of piperazine rings is 1. The van der Waals surface area contributed by atoms with Crippen LogP contribution in [0.5, 0.6) is 0 Å². The molecule has 1 aliphatic rings. The van der Waals surface area contributed by atoms with E-state index < -0.39 is 12.0 Å². The van der Waals surface area contributed by atoms with Gasteiger partial charge in [-0.3, -0.25) is 9.59 Å². The Bertz CT molecular complexity index is 230. The van der Waals surface area contributed by atoms with Gasteiger partial charge in [-0.1, -0.05) is 0 Å². The minimum absolute atomic E-state index is 0.163. The fraction of sp³-hybridized carbons (Fsp3) is 0.750. The zero-order valence-electron chi connectivity index (χ0n) is 7.90. The number of hydrogen-bond donors (Lipinski definition) is 3. The lowest BCUT2D eigenvalue weighted by atomic mass is 10.1. The number of carboxylic acid groups (broad SMARTS) is 1. The van der Waals surface area contributed by atoms with E-state index in [0.717, 1.165) is 0 Å². The number of carbonyl (C=O) groups is 2. The van der Waals surface area contributed by atoms with E-state index in [1.165, 1.54) is 0 Å². The summed E-state index contributed by atoms with van der Waals surface area (Å²) >= 11 is 0. The number of nitrogens with one attached hydrogen (secondary N) is 1. The maximum atomic E-state index is 11.6. The first kappa shape index (κ1) is 10.9. The van der Waals surface area contributed by atoms with Gasteiger partial charge in [-0.15, -0.1) is 0 Å². The van der Waals surface area contributed by atoms with Gasteiger partial charge in [0.2, 0.25) is 5.91 Å². The molecule has 0 saturated carbocycles. The minimum atomic E-state index is -0.967. The van der Waals surface area contributed by atoms with E-state index in [0.29, 0.717) is 26.2 Å². The summed E-state index contributed by atoms with van der Waals surface area (Å²) in [7, 11) is 0. The summed E-state index contributed by atoms with van der Waals surface area (Å²) in [6.07, 6.45) is -0.167. The first-order valence-corrected chi connectivity index (χ1v) is 4.59. The molecule has 1 heterocycles. The predicted molar refractivity (Wildman–Crippen MR) is 49.7 cm³/mol. The molecule has 1 rings (SSSR count). The van der Waals surface area contributed by atoms with E-state index in [1.807, 2.05) is 0 Å². The van der Waals surface area contributed by atoms with Crippen LogP contribution in [0.15, 0.2) is 0 Å². The quantitative estimate of drug-likeness (QED) is 0.500. The van der Waals surface area contributed by atoms with Crippen LogP contribution in [0.25, 0.3) is 0 Å². The molecular weight excluding hydrogens is 186 g/mol. The minimum Gasteiger partial charge on any atom is -0.481 e. The van der Waals surface area contributed by atoms with Gasteiger partial charge in [0.1, 0.15) is 0 Å². The summed E-state index contributed by atoms with van der Waals surface area (Å²) in [5.74, 6) is -1.13. The fourth-order valence-corrected chi connectivity index (χ4v) is 1.50. The number of rotatable bonds is 4. The molecule has 1 saturated heterocycles. The van der Waals surface area contributed by atoms with Crippen molar-refractivity contribution in [2.45, 2.75) is 12.5 Å². The average molecular weight is 201 g/mol. The number of nitrogens with zero attached hydrogens (tertiary/aromatic N) is 1. The fourth-order valence-electron chi connectivity index (χ4n) is 1.50. The highest BCUT2D eigenvalue weighted by Crippen LogP contribution is 2.04. The molecule has 0 aromatic carbocycles. The Morgan fingerprint density at radius 3 is 3.00 bits per heavy atom. The third kappa shape index (κ3) is 2.68. The van der Waals surface area contributed by atoms with Crippen molar-refractivity contribution in [2.24, 2.45) is 5.73 Å². The van der Waals surface area contributed by atoms with Gasteiger partial charge >= 0.3 is 5.97 Å². The van der Waals surface area contributed by atoms with E-state index in [2.05, 4.69) is 5.32 Å². The Morgan fingerprint density at radius 2 is 2.43 bits per heavy atom. The monoisotopic (exact) mass is 201 g/mol. The van der Waals surface area contributed by atoms with Crippen LogP contribution < -0.4 is 11.1 Å². The molecule has 0 bridgehead atoms. The summed E-state index contributed by atoms with van der Waals surface area (Å²) in [5.41, 5.74) is 5.34. The molecule has 0 aliphatic carbocycles. The van der Waals surface area contributed by atoms with Gasteiger partial charge in [-0.2, -0.15) is 0 Å². The van der Waals surface area contributed by atoms with E-state index in [-0.39, 0.29) is 12.3 Å². The van der Waals surface area contributed by atoms with Crippen LogP contribution in [0.2, 0.25) is 0 Å². The van der Waals surface area contributed by atoms with Gasteiger partial charge < -0.3 is 21.1 Å². The highest BCUT2D eigenvalue weighted by Gasteiger charge is 2.29. The molecule has 14 heavy (non-hydrogen) atoms. The van der Waals surface area contributed by atoms with Crippen molar-refractivity contribution in [2.75, 3.05) is 26.2 Å². The van der Waals surface area contributed by atoms with Crippen molar-refractivity contribution < 1.29 is 14.7 Å². The van der Waals surface area contributed by atoms with Crippen LogP contribution in [0, 0.1) is 0 Å². The van der Waals surface area contributed by atoms with E-state index in [1.54, 1.807) is 4.90 Å². The Labute approximate surface area is 82.1 Å². The van der Waals surface area contributed by atoms with E-state index >= 15 is 0 Å². The van der Waals surface area contributed by atoms with Gasteiger partial charge in [0, 0.05) is 26.2 Å². The van der Waals surface area contributed by atoms with E-state index in [9.17, 15) is 9.59 Å². The highest BCUT2D eigenvalue weighted by atomic mass is 16.4. The van der Waals surface area contributed by atoms with Crippen molar-refractivity contribution in [3.63, 3.8) is 0 Å². The highest BCUT2D eigenvalue weighted by molar-refractivity contribution is 5.86. The molecule has 1 amide bonds. The maximum absolute atomic E-state index is 11.6. The number of aliphatic carboxylic acids is 1. The number of nitrogens with two attached hydrogens (primary N) is 1. The summed E-state index contributed by atoms with van der Waals surface area (Å²) in [4.78, 5) is 23.6. The zero-order chi connectivity index (χ0) is 10.6. The number of carbonyl (C=O) groups excluding carboxylic acids is 1. The Kier molecular flexibility index (Phi) is 3.84. The first-order chi connectivity index (χ1) is 6.65. The average Bonchev–Trinajstić information content (AvgIpc) is 2.11. The normalized spacial score (nSPS) is 22.5. The lowest BCUT2D eigenvalue weighted by molar-refractivity contribution is -0.144. The SMILES string of the molecule is NCCN1CCNC(CC(=O)O)C1=O. The second-order valence-electron chi connectivity index (χ2n) is 3.22. The smallest absolute Gasteiger partial charge is 0.305 e. The van der Waals surface area contributed by atoms with Crippen LogP contribution in [0.4, 0.5) is 0 Å². The molecule has 6 heteroatoms. The summed E-state index contributed by atoms with van der Waals surface area (Å²) in [6, 6.07) is -0.590. The van der Waals surface area contributed by atoms with Crippen molar-refractivity contribution in [1.29, 1.82) is 0 Å². The largest absolute Gasteiger partial charge is 0.481 e. The topological polar surface area (TPSA) is 95.7 Å². The molecule has 4 N–H and O–H groups in total. The first-order valence-electron chi connectivity index (χ1n) is 4.59. The summed E-state index contributed by atoms with van der Waals surface area (Å²) in [5, 5.41) is 11.4. The number of amides is 1. The van der Waals surface area contributed by atoms with Gasteiger partial charge in [-0.05, 0) is 0 Å². The Hall–Kier alpha value is -1.14. The summed E-state index contributed by atoms with van der Waals surface area (Å²) < 4.78 is 0. The molecule has 0 aromatic rings. The third-order valence-corrected chi connectivity index (χ3v) is 2.16. The van der Waals surface area contributed by atoms with Crippen LogP contribution >= 0.6 is 0 Å². The van der Waals surface area contributed by atoms with Crippen LogP contribution in [0.3, 0.4) is 0 Å². The molecular formula is C8H15N3O3. The van der Waals surface area contributed by atoms with Crippen LogP contribution in [-0.2, 0) is 9.59 Å². The molecule has 1 atom stereocenters. The molecule has 1 unspecified atom stereocenters. The maximum Gasteiger partial charge on any atom is 0.305 e. The Morgan fingerprint density at radius 1 is 1.71 bits per heavy atom. The van der Waals surface area contributed by atoms with Gasteiger partial charge in [0.25, 0.3) is 0 Å². The predicted octanol–water partition coefficient (Wildman–Crippen LogP) is -1.78. The van der Waals surface area contributed by atoms with Gasteiger partial charge in [0.05, 0.1) is 12.5 Å². The van der Waals surface area contributed by atoms with Gasteiger partial charge in [-0.25, -0.2) is 0 Å². The molecule has 1 aliphatic heterocycles. The van der Waals surface area contributed by atoms with Crippen LogP contribution in [0.1, 0.15) is 6.42 Å². The number of carboxylic acids is 1. The molecule has 0 aromatic heterocycles. The second-order valence-corrected chi connectivity index (χ2v) is 3.22. The standard InChI is InChI=1S/C8H15N3O3/c9-1-3-11-4-2-10-6(8(11)14)5-7(12)13/h6,10H,1-5,9H2,(H,12,13). The van der Waals surface area contributed by atoms with Crippen molar-refractivity contribution in [1.82, 2.24) is 10.2 Å². The van der Waals surface area contributed by atoms with Gasteiger partial charge in [0.15, 0.2) is 0 Å². The van der Waals surface area contributed by atoms with Crippen molar-refractivity contribution in [3.8, 4) is 0 Å². The molecule has 6 nitrogen and oxygen atoms in total. The van der Waals surface area contributed by atoms with Crippen molar-refractivity contribution >= 4 is 11.9 Å². The molecule has 1 fully saturated rings. The molecule has 80 valence electrons. The van der Waals surface area contributed by atoms with Crippen LogP contribution in [-0.4, -0.2) is 54.1 Å².